The second-order valence-electron chi connectivity index (χ2n) is 5.88. The van der Waals surface area contributed by atoms with Crippen LogP contribution in [-0.2, 0) is 19.1 Å². The molecule has 29 heavy (non-hydrogen) atoms. The first-order valence-electron chi connectivity index (χ1n) is 8.51. The molecule has 8 nitrogen and oxygen atoms in total. The van der Waals surface area contributed by atoms with Crippen molar-refractivity contribution in [2.45, 2.75) is 0 Å². The Morgan fingerprint density at radius 2 is 1.76 bits per heavy atom. The highest BCUT2D eigenvalue weighted by atomic mass is 35.5. The van der Waals surface area contributed by atoms with Crippen molar-refractivity contribution >= 4 is 41.4 Å². The normalized spacial score (nSPS) is 10.0. The number of hydrogen-bond donors (Lipinski definition) is 1. The third kappa shape index (κ3) is 6.93. The van der Waals surface area contributed by atoms with Crippen LogP contribution in [0.1, 0.15) is 10.4 Å². The van der Waals surface area contributed by atoms with Crippen LogP contribution in [0.5, 0.6) is 5.75 Å². The lowest BCUT2D eigenvalue weighted by Gasteiger charge is -2.17. The van der Waals surface area contributed by atoms with Crippen LogP contribution in [0.3, 0.4) is 0 Å². The number of halogens is 1. The van der Waals surface area contributed by atoms with E-state index in [9.17, 15) is 19.2 Å². The maximum atomic E-state index is 12.0. The van der Waals surface area contributed by atoms with Crippen molar-refractivity contribution < 1.29 is 28.7 Å². The molecule has 0 aliphatic rings. The summed E-state index contributed by atoms with van der Waals surface area (Å²) in [6.45, 7) is -1.26. The first kappa shape index (κ1) is 21.9. The number of amides is 2. The fourth-order valence-electron chi connectivity index (χ4n) is 2.20. The molecule has 0 aromatic heterocycles. The molecule has 0 saturated heterocycles. The number of ether oxygens (including phenoxy) is 2. The summed E-state index contributed by atoms with van der Waals surface area (Å²) < 4.78 is 10.1. The topological polar surface area (TPSA) is 102 Å². The highest BCUT2D eigenvalue weighted by Gasteiger charge is 2.16. The van der Waals surface area contributed by atoms with E-state index in [1.807, 2.05) is 0 Å². The van der Waals surface area contributed by atoms with Crippen molar-refractivity contribution in [3.63, 3.8) is 0 Å². The molecule has 0 heterocycles. The minimum Gasteiger partial charge on any atom is -0.481 e. The zero-order valence-electron chi connectivity index (χ0n) is 15.6. The monoisotopic (exact) mass is 418 g/mol. The molecular formula is C20H19ClN2O6. The number of esters is 1. The van der Waals surface area contributed by atoms with Gasteiger partial charge in [0.25, 0.3) is 5.91 Å². The van der Waals surface area contributed by atoms with Gasteiger partial charge < -0.3 is 19.7 Å². The van der Waals surface area contributed by atoms with Gasteiger partial charge in [-0.2, -0.15) is 0 Å². The summed E-state index contributed by atoms with van der Waals surface area (Å²) >= 11 is 5.96. The van der Waals surface area contributed by atoms with E-state index in [0.717, 1.165) is 4.90 Å². The molecular weight excluding hydrogens is 400 g/mol. The molecule has 1 N–H and O–H groups in total. The fraction of sp³-hybridized carbons (Fsp3) is 0.200. The maximum absolute atomic E-state index is 12.0. The van der Waals surface area contributed by atoms with Gasteiger partial charge in [-0.05, 0) is 24.3 Å². The third-order valence-electron chi connectivity index (χ3n) is 3.70. The molecule has 2 aromatic rings. The number of benzene rings is 2. The maximum Gasteiger partial charge on any atom is 0.344 e. The van der Waals surface area contributed by atoms with E-state index in [1.54, 1.807) is 42.5 Å². The van der Waals surface area contributed by atoms with Crippen molar-refractivity contribution in [2.24, 2.45) is 0 Å². The number of aldehydes is 1. The second kappa shape index (κ2) is 10.8. The zero-order chi connectivity index (χ0) is 21.2. The van der Waals surface area contributed by atoms with E-state index in [2.05, 4.69) is 5.32 Å². The van der Waals surface area contributed by atoms with E-state index in [-0.39, 0.29) is 12.3 Å². The number of hydrogen-bond acceptors (Lipinski definition) is 6. The molecule has 0 radical (unpaired) electrons. The summed E-state index contributed by atoms with van der Waals surface area (Å²) in [5, 5.41) is 2.96. The van der Waals surface area contributed by atoms with E-state index < -0.39 is 31.0 Å². The molecule has 0 aliphatic carbocycles. The van der Waals surface area contributed by atoms with Gasteiger partial charge in [-0.15, -0.1) is 0 Å². The summed E-state index contributed by atoms with van der Waals surface area (Å²) in [6.07, 6.45) is 0.604. The van der Waals surface area contributed by atoms with Crippen molar-refractivity contribution in [3.05, 3.63) is 59.1 Å². The van der Waals surface area contributed by atoms with E-state index >= 15 is 0 Å². The summed E-state index contributed by atoms with van der Waals surface area (Å²) in [6, 6.07) is 13.1. The van der Waals surface area contributed by atoms with Crippen LogP contribution in [0.15, 0.2) is 48.5 Å². The Morgan fingerprint density at radius 3 is 2.48 bits per heavy atom. The van der Waals surface area contributed by atoms with E-state index in [4.69, 9.17) is 21.1 Å². The van der Waals surface area contributed by atoms with Crippen LogP contribution in [0.2, 0.25) is 5.02 Å². The molecule has 0 bridgehead atoms. The van der Waals surface area contributed by atoms with Gasteiger partial charge in [0.05, 0.1) is 22.8 Å². The Morgan fingerprint density at radius 1 is 1.07 bits per heavy atom. The summed E-state index contributed by atoms with van der Waals surface area (Å²) in [5.41, 5.74) is 0.722. The molecule has 2 rings (SSSR count). The smallest absolute Gasteiger partial charge is 0.344 e. The van der Waals surface area contributed by atoms with Gasteiger partial charge >= 0.3 is 5.97 Å². The number of carbonyl (C=O) groups is 4. The Labute approximate surface area is 172 Å². The largest absolute Gasteiger partial charge is 0.481 e. The average Bonchev–Trinajstić information content (AvgIpc) is 2.72. The fourth-order valence-corrected chi connectivity index (χ4v) is 2.38. The van der Waals surface area contributed by atoms with E-state index in [0.29, 0.717) is 22.6 Å². The highest BCUT2D eigenvalue weighted by molar-refractivity contribution is 6.33. The van der Waals surface area contributed by atoms with Crippen LogP contribution < -0.4 is 10.1 Å². The Hall–Kier alpha value is -3.39. The van der Waals surface area contributed by atoms with Gasteiger partial charge in [0.1, 0.15) is 5.75 Å². The van der Waals surface area contributed by atoms with Crippen molar-refractivity contribution in [3.8, 4) is 5.75 Å². The Bertz CT molecular complexity index is 902. The highest BCUT2D eigenvalue weighted by Crippen LogP contribution is 2.20. The number of rotatable bonds is 9. The van der Waals surface area contributed by atoms with Crippen LogP contribution in [-0.4, -0.2) is 55.8 Å². The Kier molecular flexibility index (Phi) is 8.17. The van der Waals surface area contributed by atoms with Crippen molar-refractivity contribution in [2.75, 3.05) is 32.1 Å². The molecule has 0 unspecified atom stereocenters. The van der Waals surface area contributed by atoms with Gasteiger partial charge in [-0.1, -0.05) is 35.9 Å². The van der Waals surface area contributed by atoms with Gasteiger partial charge in [-0.25, -0.2) is 4.79 Å². The number of nitrogens with one attached hydrogen (secondary N) is 1. The lowest BCUT2D eigenvalue weighted by Crippen LogP contribution is -2.37. The first-order valence-corrected chi connectivity index (χ1v) is 8.89. The number of likely N-dealkylation sites (N-methyl/N-ethyl adjacent to an activating group) is 1. The molecule has 0 fully saturated rings. The molecule has 2 aromatic carbocycles. The van der Waals surface area contributed by atoms with Crippen LogP contribution >= 0.6 is 11.6 Å². The van der Waals surface area contributed by atoms with E-state index in [1.165, 1.54) is 13.1 Å². The SMILES string of the molecule is CN(CC(=O)Nc1ccccc1Cl)C(=O)COC(=O)COc1ccccc1C=O. The predicted molar refractivity (Wildman–Crippen MR) is 106 cm³/mol. The molecule has 0 saturated carbocycles. The number of carbonyl (C=O) groups excluding carboxylic acids is 4. The molecule has 0 atom stereocenters. The molecule has 2 amide bonds. The molecule has 152 valence electrons. The Balaban J connectivity index is 1.74. The number of para-hydroxylation sites is 2. The van der Waals surface area contributed by atoms with Gasteiger partial charge in [0.15, 0.2) is 19.5 Å². The summed E-state index contributed by atoms with van der Waals surface area (Å²) in [4.78, 5) is 47.8. The predicted octanol–water partition coefficient (Wildman–Crippen LogP) is 2.17. The van der Waals surface area contributed by atoms with Crippen molar-refractivity contribution in [1.29, 1.82) is 0 Å². The summed E-state index contributed by atoms with van der Waals surface area (Å²) in [7, 11) is 1.40. The van der Waals surface area contributed by atoms with Gasteiger partial charge in [-0.3, -0.25) is 14.4 Å². The lowest BCUT2D eigenvalue weighted by molar-refractivity contribution is -0.153. The summed E-state index contributed by atoms with van der Waals surface area (Å²) in [5.74, 6) is -1.57. The first-order chi connectivity index (χ1) is 13.9. The molecule has 0 aliphatic heterocycles. The van der Waals surface area contributed by atoms with Crippen LogP contribution in [0, 0.1) is 0 Å². The molecule has 9 heteroatoms. The number of nitrogens with zero attached hydrogens (tertiary/aromatic N) is 1. The van der Waals surface area contributed by atoms with Crippen LogP contribution in [0.4, 0.5) is 5.69 Å². The lowest BCUT2D eigenvalue weighted by atomic mass is 10.2. The van der Waals surface area contributed by atoms with Crippen LogP contribution in [0.25, 0.3) is 0 Å². The molecule has 0 spiro atoms. The van der Waals surface area contributed by atoms with Gasteiger partial charge in [0.2, 0.25) is 5.91 Å². The van der Waals surface area contributed by atoms with Crippen molar-refractivity contribution in [1.82, 2.24) is 4.90 Å². The second-order valence-corrected chi connectivity index (χ2v) is 6.29. The quantitative estimate of drug-likeness (QED) is 0.494. The van der Waals surface area contributed by atoms with Gasteiger partial charge in [0, 0.05) is 7.05 Å². The number of anilines is 1. The standard InChI is InChI=1S/C20H19ClN2O6/c1-23(10-18(25)22-16-8-4-3-7-15(16)21)19(26)12-29-20(27)13-28-17-9-5-2-6-14(17)11-24/h2-9,11H,10,12-13H2,1H3,(H,22,25). The average molecular weight is 419 g/mol. The minimum atomic E-state index is -0.784. The third-order valence-corrected chi connectivity index (χ3v) is 4.03. The zero-order valence-corrected chi connectivity index (χ0v) is 16.3. The minimum absolute atomic E-state index is 0.235.